The molecule has 78 valence electrons. The lowest BCUT2D eigenvalue weighted by Gasteiger charge is -2.24. The maximum atomic E-state index is 5.63. The molecule has 1 aromatic heterocycles. The first-order valence-corrected chi connectivity index (χ1v) is 6.82. The Hall–Kier alpha value is 0.140. The molecule has 0 aliphatic heterocycles. The Balaban J connectivity index is 1.58. The smallest absolute Gasteiger partial charge is 0.0809 e. The molecule has 0 bridgehead atoms. The molecule has 2 rings (SSSR count). The second-order valence-electron chi connectivity index (χ2n) is 3.87. The van der Waals surface area contributed by atoms with Gasteiger partial charge in [0.1, 0.15) is 0 Å². The summed E-state index contributed by atoms with van der Waals surface area (Å²) < 4.78 is 6.80. The molecule has 1 saturated carbocycles. The van der Waals surface area contributed by atoms with Crippen LogP contribution in [0.3, 0.4) is 0 Å². The molecular formula is C11H15BrOS. The molecule has 0 atom stereocenters. The van der Waals surface area contributed by atoms with Gasteiger partial charge in [0.2, 0.25) is 0 Å². The number of rotatable bonds is 5. The highest BCUT2D eigenvalue weighted by Gasteiger charge is 2.16. The molecule has 1 aliphatic carbocycles. The van der Waals surface area contributed by atoms with E-state index in [0.717, 1.165) is 19.1 Å². The largest absolute Gasteiger partial charge is 0.376 e. The molecule has 0 amide bonds. The minimum atomic E-state index is 0.781. The van der Waals surface area contributed by atoms with Gasteiger partial charge < -0.3 is 4.74 Å². The van der Waals surface area contributed by atoms with Crippen molar-refractivity contribution in [3.05, 3.63) is 20.8 Å². The van der Waals surface area contributed by atoms with E-state index >= 15 is 0 Å². The molecule has 0 aromatic carbocycles. The van der Waals surface area contributed by atoms with Crippen molar-refractivity contribution in [2.75, 3.05) is 6.61 Å². The summed E-state index contributed by atoms with van der Waals surface area (Å²) >= 11 is 5.20. The molecular weight excluding hydrogens is 260 g/mol. The van der Waals surface area contributed by atoms with Crippen molar-refractivity contribution in [3.63, 3.8) is 0 Å². The second kappa shape index (κ2) is 5.29. The van der Waals surface area contributed by atoms with Gasteiger partial charge in [-0.15, -0.1) is 11.3 Å². The normalized spacial score (nSPS) is 16.9. The van der Waals surface area contributed by atoms with Crippen molar-refractivity contribution >= 4 is 27.3 Å². The van der Waals surface area contributed by atoms with Crippen molar-refractivity contribution in [1.29, 1.82) is 0 Å². The molecule has 0 spiro atoms. The van der Waals surface area contributed by atoms with Gasteiger partial charge >= 0.3 is 0 Å². The molecule has 0 saturated heterocycles. The van der Waals surface area contributed by atoms with E-state index in [2.05, 4.69) is 27.4 Å². The van der Waals surface area contributed by atoms with E-state index in [1.807, 2.05) is 0 Å². The van der Waals surface area contributed by atoms with Gasteiger partial charge in [-0.1, -0.05) is 19.3 Å². The van der Waals surface area contributed by atoms with Crippen LogP contribution in [0.5, 0.6) is 0 Å². The van der Waals surface area contributed by atoms with Gasteiger partial charge in [-0.3, -0.25) is 0 Å². The van der Waals surface area contributed by atoms with Crippen molar-refractivity contribution < 1.29 is 4.74 Å². The van der Waals surface area contributed by atoms with E-state index in [9.17, 15) is 0 Å². The predicted octanol–water partition coefficient (Wildman–Crippen LogP) is 4.22. The highest BCUT2D eigenvalue weighted by atomic mass is 79.9. The van der Waals surface area contributed by atoms with Crippen LogP contribution < -0.4 is 0 Å². The Labute approximate surface area is 97.6 Å². The van der Waals surface area contributed by atoms with Crippen LogP contribution in [-0.4, -0.2) is 6.61 Å². The van der Waals surface area contributed by atoms with Crippen LogP contribution in [0.4, 0.5) is 0 Å². The van der Waals surface area contributed by atoms with Crippen molar-refractivity contribution in [1.82, 2.24) is 0 Å². The van der Waals surface area contributed by atoms with Gasteiger partial charge in [-0.25, -0.2) is 0 Å². The number of hydrogen-bond acceptors (Lipinski definition) is 2. The number of hydrogen-bond donors (Lipinski definition) is 0. The van der Waals surface area contributed by atoms with Crippen LogP contribution in [0.25, 0.3) is 0 Å². The Kier molecular flexibility index (Phi) is 4.02. The topological polar surface area (TPSA) is 9.23 Å². The summed E-state index contributed by atoms with van der Waals surface area (Å²) in [6, 6.07) is 2.13. The third kappa shape index (κ3) is 3.07. The van der Waals surface area contributed by atoms with Crippen LogP contribution in [0.1, 0.15) is 30.6 Å². The second-order valence-corrected chi connectivity index (χ2v) is 5.78. The molecule has 0 N–H and O–H groups in total. The summed E-state index contributed by atoms with van der Waals surface area (Å²) in [5, 5.41) is 2.10. The van der Waals surface area contributed by atoms with E-state index in [1.54, 1.807) is 11.3 Å². The Morgan fingerprint density at radius 2 is 2.36 bits per heavy atom. The van der Waals surface area contributed by atoms with Crippen LogP contribution in [0.2, 0.25) is 0 Å². The molecule has 1 heterocycles. The molecule has 3 heteroatoms. The summed E-state index contributed by atoms with van der Waals surface area (Å²) in [6.45, 7) is 1.71. The zero-order valence-electron chi connectivity index (χ0n) is 8.17. The lowest BCUT2D eigenvalue weighted by atomic mass is 9.83. The fourth-order valence-corrected chi connectivity index (χ4v) is 3.02. The summed E-state index contributed by atoms with van der Waals surface area (Å²) in [5.41, 5.74) is 0. The quantitative estimate of drug-likeness (QED) is 0.731. The van der Waals surface area contributed by atoms with Crippen LogP contribution in [0, 0.1) is 5.92 Å². The van der Waals surface area contributed by atoms with E-state index in [4.69, 9.17) is 4.74 Å². The lowest BCUT2D eigenvalue weighted by Crippen LogP contribution is -2.13. The maximum Gasteiger partial charge on any atom is 0.0809 e. The van der Waals surface area contributed by atoms with E-state index < -0.39 is 0 Å². The summed E-state index contributed by atoms with van der Waals surface area (Å²) in [6.07, 6.45) is 5.54. The summed E-state index contributed by atoms with van der Waals surface area (Å²) in [4.78, 5) is 1.31. The first-order valence-electron chi connectivity index (χ1n) is 5.15. The molecule has 0 unspecified atom stereocenters. The number of halogens is 1. The standard InChI is InChI=1S/C11H15BrOS/c12-10-6-11(14-8-10)7-13-5-4-9-2-1-3-9/h6,8-9H,1-5,7H2. The Morgan fingerprint density at radius 3 is 2.93 bits per heavy atom. The first-order chi connectivity index (χ1) is 6.84. The average Bonchev–Trinajstić information content (AvgIpc) is 2.48. The fraction of sp³-hybridized carbons (Fsp3) is 0.636. The van der Waals surface area contributed by atoms with Crippen molar-refractivity contribution in [2.45, 2.75) is 32.3 Å². The fourth-order valence-electron chi connectivity index (χ4n) is 1.63. The number of ether oxygens (including phenoxy) is 1. The molecule has 1 aromatic rings. The minimum absolute atomic E-state index is 0.781. The first kappa shape index (κ1) is 10.7. The van der Waals surface area contributed by atoms with E-state index in [-0.39, 0.29) is 0 Å². The third-order valence-corrected chi connectivity index (χ3v) is 4.43. The third-order valence-electron chi connectivity index (χ3n) is 2.76. The van der Waals surface area contributed by atoms with Crippen LogP contribution in [-0.2, 0) is 11.3 Å². The van der Waals surface area contributed by atoms with Gasteiger partial charge in [-0.2, -0.15) is 0 Å². The predicted molar refractivity (Wildman–Crippen MR) is 63.6 cm³/mol. The highest BCUT2D eigenvalue weighted by Crippen LogP contribution is 2.29. The molecule has 14 heavy (non-hydrogen) atoms. The SMILES string of the molecule is Brc1csc(COCCC2CCC2)c1. The average molecular weight is 275 g/mol. The molecule has 1 nitrogen and oxygen atoms in total. The maximum absolute atomic E-state index is 5.63. The van der Waals surface area contributed by atoms with Gasteiger partial charge in [-0.05, 0) is 34.3 Å². The van der Waals surface area contributed by atoms with Gasteiger partial charge in [0.15, 0.2) is 0 Å². The van der Waals surface area contributed by atoms with Crippen LogP contribution in [0.15, 0.2) is 15.9 Å². The lowest BCUT2D eigenvalue weighted by molar-refractivity contribution is 0.0966. The van der Waals surface area contributed by atoms with Gasteiger partial charge in [0.25, 0.3) is 0 Å². The van der Waals surface area contributed by atoms with E-state index in [1.165, 1.54) is 35.0 Å². The summed E-state index contributed by atoms with van der Waals surface area (Å²) in [5.74, 6) is 0.963. The zero-order valence-corrected chi connectivity index (χ0v) is 10.6. The Morgan fingerprint density at radius 1 is 1.50 bits per heavy atom. The number of thiophene rings is 1. The molecule has 1 aliphatic rings. The van der Waals surface area contributed by atoms with E-state index in [0.29, 0.717) is 0 Å². The van der Waals surface area contributed by atoms with Gasteiger partial charge in [0, 0.05) is 21.3 Å². The van der Waals surface area contributed by atoms with Crippen molar-refractivity contribution in [2.24, 2.45) is 5.92 Å². The monoisotopic (exact) mass is 274 g/mol. The Bertz CT molecular complexity index is 281. The zero-order chi connectivity index (χ0) is 9.80. The molecule has 1 fully saturated rings. The van der Waals surface area contributed by atoms with Crippen molar-refractivity contribution in [3.8, 4) is 0 Å². The highest BCUT2D eigenvalue weighted by molar-refractivity contribution is 9.10. The minimum Gasteiger partial charge on any atom is -0.376 e. The molecule has 0 radical (unpaired) electrons. The van der Waals surface area contributed by atoms with Crippen LogP contribution >= 0.6 is 27.3 Å². The summed E-state index contributed by atoms with van der Waals surface area (Å²) in [7, 11) is 0. The van der Waals surface area contributed by atoms with Gasteiger partial charge in [0.05, 0.1) is 6.61 Å².